The summed E-state index contributed by atoms with van der Waals surface area (Å²) in [5.41, 5.74) is 6.74. The Kier molecular flexibility index (Phi) is 9.08. The number of nitrogens with one attached hydrogen (secondary N) is 2. The van der Waals surface area contributed by atoms with Crippen molar-refractivity contribution in [2.75, 3.05) is 36.8 Å². The second-order valence-corrected chi connectivity index (χ2v) is 15.5. The number of carbonyl (C=O) groups is 2. The summed E-state index contributed by atoms with van der Waals surface area (Å²) < 4.78 is 0. The molecule has 258 valence electrons. The van der Waals surface area contributed by atoms with Gasteiger partial charge in [0, 0.05) is 74.7 Å². The van der Waals surface area contributed by atoms with Gasteiger partial charge in [0.25, 0.3) is 0 Å². The number of piperazine rings is 1. The van der Waals surface area contributed by atoms with Crippen molar-refractivity contribution >= 4 is 29.1 Å². The molecular weight excluding hydrogens is 622 g/mol. The number of rotatable bonds is 10. The van der Waals surface area contributed by atoms with Crippen LogP contribution in [0.15, 0.2) is 79.3 Å². The van der Waals surface area contributed by atoms with Crippen LogP contribution >= 0.6 is 0 Å². The fourth-order valence-electron chi connectivity index (χ4n) is 9.55. The molecule has 9 heteroatoms. The third-order valence-electron chi connectivity index (χ3n) is 11.6. The molecule has 1 aliphatic heterocycles. The smallest absolute Gasteiger partial charge is 0.228 e. The van der Waals surface area contributed by atoms with Crippen LogP contribution in [0.5, 0.6) is 0 Å². The maximum Gasteiger partial charge on any atom is 0.228 e. The predicted molar refractivity (Wildman–Crippen MR) is 196 cm³/mol. The first-order valence-corrected chi connectivity index (χ1v) is 18.3. The summed E-state index contributed by atoms with van der Waals surface area (Å²) in [5.74, 6) is 3.46. The number of hydrogen-bond donors (Lipinski definition) is 2. The van der Waals surface area contributed by atoms with Gasteiger partial charge in [0.05, 0.1) is 12.1 Å². The minimum Gasteiger partial charge on any atom is -0.340 e. The molecule has 5 fully saturated rings. The largest absolute Gasteiger partial charge is 0.340 e. The molecule has 0 radical (unpaired) electrons. The van der Waals surface area contributed by atoms with Gasteiger partial charge in [-0.05, 0) is 116 Å². The number of nitrogens with zero attached hydrogens (tertiary/aromatic N) is 5. The van der Waals surface area contributed by atoms with E-state index in [-0.39, 0.29) is 12.3 Å². The lowest BCUT2D eigenvalue weighted by Gasteiger charge is -2.57. The predicted octanol–water partition coefficient (Wildman–Crippen LogP) is 7.02. The molecule has 2 aromatic heterocycles. The van der Waals surface area contributed by atoms with Crippen LogP contribution in [0, 0.1) is 30.1 Å². The van der Waals surface area contributed by atoms with E-state index in [2.05, 4.69) is 59.7 Å². The highest BCUT2D eigenvalue weighted by Gasteiger charge is 2.51. The molecule has 0 unspecified atom stereocenters. The fourth-order valence-corrected chi connectivity index (χ4v) is 9.55. The van der Waals surface area contributed by atoms with Gasteiger partial charge in [0.1, 0.15) is 0 Å². The number of amides is 2. The maximum absolute atomic E-state index is 13.4. The molecule has 9 nitrogen and oxygen atoms in total. The highest BCUT2D eigenvalue weighted by atomic mass is 16.2. The molecule has 2 amide bonds. The van der Waals surface area contributed by atoms with Gasteiger partial charge in [0.2, 0.25) is 17.8 Å². The Hall–Kier alpha value is -4.63. The summed E-state index contributed by atoms with van der Waals surface area (Å²) in [7, 11) is 0. The Morgan fingerprint density at radius 2 is 1.58 bits per heavy atom. The summed E-state index contributed by atoms with van der Waals surface area (Å²) in [6.45, 7) is 6.33. The first-order valence-electron chi connectivity index (χ1n) is 18.3. The zero-order valence-electron chi connectivity index (χ0n) is 29.0. The van der Waals surface area contributed by atoms with E-state index in [9.17, 15) is 9.59 Å². The van der Waals surface area contributed by atoms with Crippen molar-refractivity contribution in [3.05, 3.63) is 95.9 Å². The lowest BCUT2D eigenvalue weighted by molar-refractivity contribution is -0.141. The van der Waals surface area contributed by atoms with E-state index >= 15 is 0 Å². The molecular formula is C41H47N7O2. The van der Waals surface area contributed by atoms with Crippen LogP contribution in [0.4, 0.5) is 17.3 Å². The first kappa shape index (κ1) is 32.6. The topological polar surface area (TPSA) is 103 Å². The molecule has 4 saturated carbocycles. The van der Waals surface area contributed by atoms with E-state index in [0.29, 0.717) is 23.0 Å². The number of aryl methyl sites for hydroxylation is 1. The Balaban J connectivity index is 0.803. The lowest BCUT2D eigenvalue weighted by atomic mass is 9.49. The van der Waals surface area contributed by atoms with Crippen molar-refractivity contribution in [3.63, 3.8) is 0 Å². The van der Waals surface area contributed by atoms with E-state index in [1.165, 1.54) is 44.1 Å². The molecule has 3 heterocycles. The molecule has 50 heavy (non-hydrogen) atoms. The van der Waals surface area contributed by atoms with E-state index in [1.54, 1.807) is 18.6 Å². The quantitative estimate of drug-likeness (QED) is 0.187. The monoisotopic (exact) mass is 669 g/mol. The molecule has 5 aliphatic rings. The summed E-state index contributed by atoms with van der Waals surface area (Å²) in [6, 6.07) is 19.8. The van der Waals surface area contributed by atoms with Crippen LogP contribution in [-0.4, -0.2) is 62.7 Å². The van der Waals surface area contributed by atoms with Gasteiger partial charge >= 0.3 is 0 Å². The summed E-state index contributed by atoms with van der Waals surface area (Å²) in [4.78, 5) is 44.2. The number of aromatic nitrogens is 3. The van der Waals surface area contributed by atoms with Gasteiger partial charge in [-0.25, -0.2) is 9.97 Å². The summed E-state index contributed by atoms with van der Waals surface area (Å²) >= 11 is 0. The molecule has 4 bridgehead atoms. The minimum atomic E-state index is -0.0725. The average Bonchev–Trinajstić information content (AvgIpc) is 3.10. The maximum atomic E-state index is 13.4. The van der Waals surface area contributed by atoms with Gasteiger partial charge in [-0.2, -0.15) is 0 Å². The van der Waals surface area contributed by atoms with Gasteiger partial charge in [-0.3, -0.25) is 19.5 Å². The summed E-state index contributed by atoms with van der Waals surface area (Å²) in [5, 5.41) is 6.35. The minimum absolute atomic E-state index is 0.0725. The second kappa shape index (κ2) is 13.9. The van der Waals surface area contributed by atoms with Gasteiger partial charge in [0.15, 0.2) is 0 Å². The normalized spacial score (nSPS) is 24.3. The van der Waals surface area contributed by atoms with Gasteiger partial charge < -0.3 is 15.5 Å². The van der Waals surface area contributed by atoms with Gasteiger partial charge in [-0.1, -0.05) is 30.3 Å². The molecule has 4 aromatic rings. The SMILES string of the molecule is Cc1ccc(NC(=O)Cc2ccc(CN3CCN(C(=O)CC45CC6CC(CC(C6)C4)C5)CC3)cc2)cc1Nc1nccc(-c2cccnc2)n1. The van der Waals surface area contributed by atoms with Crippen molar-refractivity contribution in [2.45, 2.75) is 64.8 Å². The van der Waals surface area contributed by atoms with Crippen LogP contribution < -0.4 is 10.6 Å². The highest BCUT2D eigenvalue weighted by Crippen LogP contribution is 2.61. The molecule has 2 aromatic carbocycles. The number of hydrogen-bond acceptors (Lipinski definition) is 7. The molecule has 2 N–H and O–H groups in total. The third kappa shape index (κ3) is 7.43. The van der Waals surface area contributed by atoms with Crippen LogP contribution in [0.3, 0.4) is 0 Å². The Morgan fingerprint density at radius 1 is 0.860 bits per heavy atom. The van der Waals surface area contributed by atoms with E-state index in [1.807, 2.05) is 43.3 Å². The molecule has 9 rings (SSSR count). The van der Waals surface area contributed by atoms with Crippen LogP contribution in [-0.2, 0) is 22.6 Å². The highest BCUT2D eigenvalue weighted by molar-refractivity contribution is 5.93. The molecule has 0 spiro atoms. The third-order valence-corrected chi connectivity index (χ3v) is 11.6. The van der Waals surface area contributed by atoms with Crippen molar-refractivity contribution in [1.29, 1.82) is 0 Å². The molecule has 1 saturated heterocycles. The molecule has 0 atom stereocenters. The second-order valence-electron chi connectivity index (χ2n) is 15.5. The van der Waals surface area contributed by atoms with Crippen LogP contribution in [0.25, 0.3) is 11.3 Å². The van der Waals surface area contributed by atoms with E-state index in [4.69, 9.17) is 0 Å². The number of carbonyl (C=O) groups excluding carboxylic acids is 2. The van der Waals surface area contributed by atoms with Crippen molar-refractivity contribution < 1.29 is 9.59 Å². The average molecular weight is 670 g/mol. The summed E-state index contributed by atoms with van der Waals surface area (Å²) in [6.07, 6.45) is 14.5. The first-order chi connectivity index (χ1) is 24.3. The Morgan fingerprint density at radius 3 is 2.28 bits per heavy atom. The Bertz CT molecular complexity index is 1800. The zero-order chi connectivity index (χ0) is 34.1. The Labute approximate surface area is 294 Å². The molecule has 4 aliphatic carbocycles. The fraction of sp³-hybridized carbons (Fsp3) is 0.439. The zero-order valence-corrected chi connectivity index (χ0v) is 29.0. The number of anilines is 3. The van der Waals surface area contributed by atoms with Gasteiger partial charge in [-0.15, -0.1) is 0 Å². The van der Waals surface area contributed by atoms with Crippen LogP contribution in [0.1, 0.15) is 61.6 Å². The van der Waals surface area contributed by atoms with Crippen molar-refractivity contribution in [3.8, 4) is 11.3 Å². The van der Waals surface area contributed by atoms with E-state index in [0.717, 1.165) is 85.0 Å². The van der Waals surface area contributed by atoms with Crippen molar-refractivity contribution in [2.24, 2.45) is 23.2 Å². The van der Waals surface area contributed by atoms with E-state index < -0.39 is 0 Å². The lowest BCUT2D eigenvalue weighted by Crippen LogP contribution is -2.52. The number of benzene rings is 2. The standard InChI is InChI=1S/C41H47N7O2/c1-28-4-9-35(21-37(28)46-40-43-12-10-36(45-40)34-3-2-11-42-26-34)44-38(49)20-29-5-7-30(8-6-29)27-47-13-15-48(16-14-47)39(50)25-41-22-31-17-32(23-41)19-33(18-31)24-41/h2-12,21,26,31-33H,13-20,22-25,27H2,1H3,(H,44,49)(H,43,45,46). The van der Waals surface area contributed by atoms with Crippen molar-refractivity contribution in [1.82, 2.24) is 24.8 Å². The number of pyridine rings is 1. The van der Waals surface area contributed by atoms with Crippen LogP contribution in [0.2, 0.25) is 0 Å².